The number of hydrogen-bond acceptors (Lipinski definition) is 3. The maximum Gasteiger partial charge on any atom is 0.132 e. The van der Waals surface area contributed by atoms with Crippen molar-refractivity contribution >= 4 is 16.8 Å². The Morgan fingerprint density at radius 2 is 2.08 bits per heavy atom. The number of H-pyrrole nitrogens is 1. The zero-order valence-electron chi connectivity index (χ0n) is 15.8. The molecule has 5 heteroatoms. The minimum absolute atomic E-state index is 0.269. The SMILES string of the molecule is CCC(=O)CC1CC(C)(F)C1.Cc1nc2ccc(C(C)(C)O)cc2[nH]1. The second-order valence-electron chi connectivity index (χ2n) is 7.90. The second-order valence-corrected chi connectivity index (χ2v) is 7.90. The van der Waals surface area contributed by atoms with Crippen LogP contribution in [0.4, 0.5) is 4.39 Å². The van der Waals surface area contributed by atoms with E-state index in [1.807, 2.05) is 32.0 Å². The summed E-state index contributed by atoms with van der Waals surface area (Å²) in [6.45, 7) is 8.94. The fraction of sp³-hybridized carbons (Fsp3) is 0.600. The number of aromatic amines is 1. The number of rotatable bonds is 4. The summed E-state index contributed by atoms with van der Waals surface area (Å²) in [5, 5.41) is 9.82. The number of imidazole rings is 1. The van der Waals surface area contributed by atoms with Gasteiger partial charge in [0.25, 0.3) is 0 Å². The Balaban J connectivity index is 0.000000186. The zero-order valence-corrected chi connectivity index (χ0v) is 15.8. The fourth-order valence-corrected chi connectivity index (χ4v) is 3.27. The first-order chi connectivity index (χ1) is 11.5. The number of aromatic nitrogens is 2. The van der Waals surface area contributed by atoms with Crippen LogP contribution in [0, 0.1) is 12.8 Å². The van der Waals surface area contributed by atoms with Crippen molar-refractivity contribution in [2.45, 2.75) is 71.6 Å². The number of carbonyl (C=O) groups excluding carboxylic acids is 1. The number of carbonyl (C=O) groups is 1. The zero-order chi connectivity index (χ0) is 18.8. The average Bonchev–Trinajstić information content (AvgIpc) is 2.84. The Morgan fingerprint density at radius 1 is 1.44 bits per heavy atom. The normalized spacial score (nSPS) is 22.9. The van der Waals surface area contributed by atoms with Gasteiger partial charge in [-0.1, -0.05) is 13.0 Å². The molecule has 0 spiro atoms. The number of Topliss-reactive ketones (excluding diaryl/α,β-unsaturated/α-hetero) is 1. The molecule has 2 aromatic rings. The van der Waals surface area contributed by atoms with Gasteiger partial charge in [-0.05, 0) is 64.2 Å². The molecule has 0 aliphatic heterocycles. The quantitative estimate of drug-likeness (QED) is 0.849. The molecule has 3 rings (SSSR count). The second kappa shape index (κ2) is 7.24. The van der Waals surface area contributed by atoms with Crippen molar-refractivity contribution in [1.29, 1.82) is 0 Å². The number of nitrogens with one attached hydrogen (secondary N) is 1. The summed E-state index contributed by atoms with van der Waals surface area (Å²) in [4.78, 5) is 18.4. The van der Waals surface area contributed by atoms with Crippen LogP contribution >= 0.6 is 0 Å². The number of aliphatic hydroxyl groups is 1. The Labute approximate surface area is 148 Å². The van der Waals surface area contributed by atoms with Crippen LogP contribution in [0.5, 0.6) is 0 Å². The van der Waals surface area contributed by atoms with Crippen LogP contribution in [0.25, 0.3) is 11.0 Å². The molecular weight excluding hydrogens is 319 g/mol. The lowest BCUT2D eigenvalue weighted by Crippen LogP contribution is -2.37. The van der Waals surface area contributed by atoms with E-state index in [1.54, 1.807) is 20.8 Å². The third-order valence-electron chi connectivity index (χ3n) is 4.65. The Bertz CT molecular complexity index is 736. The lowest BCUT2D eigenvalue weighted by atomic mass is 9.71. The molecule has 1 aliphatic rings. The highest BCUT2D eigenvalue weighted by Gasteiger charge is 2.40. The van der Waals surface area contributed by atoms with Gasteiger partial charge in [0.15, 0.2) is 0 Å². The maximum absolute atomic E-state index is 12.9. The van der Waals surface area contributed by atoms with Gasteiger partial charge < -0.3 is 10.1 Å². The van der Waals surface area contributed by atoms with Gasteiger partial charge in [-0.2, -0.15) is 0 Å². The van der Waals surface area contributed by atoms with Crippen LogP contribution in [0.3, 0.4) is 0 Å². The van der Waals surface area contributed by atoms with Crippen LogP contribution in [-0.2, 0) is 10.4 Å². The predicted octanol–water partition coefficient (Wildman–Crippen LogP) is 4.59. The molecular formula is C20H29FN2O2. The topological polar surface area (TPSA) is 66.0 Å². The van der Waals surface area contributed by atoms with Gasteiger partial charge in [-0.15, -0.1) is 0 Å². The molecule has 0 bridgehead atoms. The third kappa shape index (κ3) is 5.36. The molecule has 25 heavy (non-hydrogen) atoms. The van der Waals surface area contributed by atoms with Gasteiger partial charge in [0.1, 0.15) is 17.3 Å². The van der Waals surface area contributed by atoms with Gasteiger partial charge in [-0.25, -0.2) is 9.37 Å². The fourth-order valence-electron chi connectivity index (χ4n) is 3.27. The molecule has 0 atom stereocenters. The Morgan fingerprint density at radius 3 is 2.60 bits per heavy atom. The van der Waals surface area contributed by atoms with Crippen molar-refractivity contribution in [3.63, 3.8) is 0 Å². The maximum atomic E-state index is 12.9. The van der Waals surface area contributed by atoms with E-state index in [4.69, 9.17) is 0 Å². The molecule has 1 fully saturated rings. The Hall–Kier alpha value is -1.75. The highest BCUT2D eigenvalue weighted by Crippen LogP contribution is 2.42. The van der Waals surface area contributed by atoms with Crippen molar-refractivity contribution in [2.24, 2.45) is 5.92 Å². The van der Waals surface area contributed by atoms with Crippen LogP contribution in [-0.4, -0.2) is 26.5 Å². The van der Waals surface area contributed by atoms with E-state index in [9.17, 15) is 14.3 Å². The third-order valence-corrected chi connectivity index (χ3v) is 4.65. The first-order valence-electron chi connectivity index (χ1n) is 8.90. The largest absolute Gasteiger partial charge is 0.386 e. The first kappa shape index (κ1) is 19.6. The lowest BCUT2D eigenvalue weighted by Gasteiger charge is -2.38. The lowest BCUT2D eigenvalue weighted by molar-refractivity contribution is -0.121. The minimum Gasteiger partial charge on any atom is -0.386 e. The highest BCUT2D eigenvalue weighted by molar-refractivity contribution is 5.78. The molecule has 0 radical (unpaired) electrons. The summed E-state index contributed by atoms with van der Waals surface area (Å²) in [6.07, 6.45) is 2.35. The van der Waals surface area contributed by atoms with Crippen LogP contribution in [0.1, 0.15) is 64.8 Å². The van der Waals surface area contributed by atoms with Gasteiger partial charge in [-0.3, -0.25) is 4.79 Å². The molecule has 1 aromatic heterocycles. The highest BCUT2D eigenvalue weighted by atomic mass is 19.1. The Kier molecular flexibility index (Phi) is 5.67. The summed E-state index contributed by atoms with van der Waals surface area (Å²) in [5.41, 5.74) is 1.04. The van der Waals surface area contributed by atoms with Crippen molar-refractivity contribution in [3.8, 4) is 0 Å². The van der Waals surface area contributed by atoms with Crippen LogP contribution in [0.15, 0.2) is 18.2 Å². The number of nitrogens with zero attached hydrogens (tertiary/aromatic N) is 1. The predicted molar refractivity (Wildman–Crippen MR) is 98.2 cm³/mol. The summed E-state index contributed by atoms with van der Waals surface area (Å²) in [6, 6.07) is 5.77. The molecule has 2 N–H and O–H groups in total. The molecule has 1 saturated carbocycles. The average molecular weight is 348 g/mol. The number of benzene rings is 1. The molecule has 1 aliphatic carbocycles. The number of ketones is 1. The van der Waals surface area contributed by atoms with Gasteiger partial charge in [0, 0.05) is 12.8 Å². The number of hydrogen-bond donors (Lipinski definition) is 2. The summed E-state index contributed by atoms with van der Waals surface area (Å²) in [7, 11) is 0. The van der Waals surface area contributed by atoms with Gasteiger partial charge in [0.2, 0.25) is 0 Å². The van der Waals surface area contributed by atoms with Crippen LogP contribution < -0.4 is 0 Å². The van der Waals surface area contributed by atoms with Gasteiger partial charge in [0.05, 0.1) is 16.6 Å². The standard InChI is InChI=1S/C11H14N2O.C9H15FO/c1-7-12-9-5-4-8(11(2,3)14)6-10(9)13-7;1-3-8(11)4-7-5-9(2,10)6-7/h4-6,14H,1-3H3,(H,12,13);7H,3-6H2,1-2H3. The van der Waals surface area contributed by atoms with E-state index in [0.29, 0.717) is 31.6 Å². The van der Waals surface area contributed by atoms with E-state index >= 15 is 0 Å². The minimum atomic E-state index is -0.974. The molecule has 0 unspecified atom stereocenters. The monoisotopic (exact) mass is 348 g/mol. The van der Waals surface area contributed by atoms with Crippen molar-refractivity contribution in [3.05, 3.63) is 29.6 Å². The molecule has 1 aromatic carbocycles. The first-order valence-corrected chi connectivity index (χ1v) is 8.90. The number of fused-ring (bicyclic) bond motifs is 1. The van der Waals surface area contributed by atoms with Crippen LogP contribution in [0.2, 0.25) is 0 Å². The van der Waals surface area contributed by atoms with E-state index in [0.717, 1.165) is 22.4 Å². The van der Waals surface area contributed by atoms with Gasteiger partial charge >= 0.3 is 0 Å². The number of aryl methyl sites for hydroxylation is 1. The molecule has 138 valence electrons. The molecule has 0 saturated heterocycles. The molecule has 4 nitrogen and oxygen atoms in total. The van der Waals surface area contributed by atoms with Crippen molar-refractivity contribution in [2.75, 3.05) is 0 Å². The van der Waals surface area contributed by atoms with Crippen molar-refractivity contribution < 1.29 is 14.3 Å². The van der Waals surface area contributed by atoms with E-state index in [2.05, 4.69) is 9.97 Å². The summed E-state index contributed by atoms with van der Waals surface area (Å²) < 4.78 is 12.9. The summed E-state index contributed by atoms with van der Waals surface area (Å²) >= 11 is 0. The van der Waals surface area contributed by atoms with E-state index < -0.39 is 11.3 Å². The van der Waals surface area contributed by atoms with Crippen molar-refractivity contribution in [1.82, 2.24) is 9.97 Å². The molecule has 0 amide bonds. The number of alkyl halides is 1. The summed E-state index contributed by atoms with van der Waals surface area (Å²) in [5.74, 6) is 1.50. The van der Waals surface area contributed by atoms with E-state index in [-0.39, 0.29) is 5.78 Å². The molecule has 1 heterocycles. The van der Waals surface area contributed by atoms with E-state index in [1.165, 1.54) is 0 Å². The smallest absolute Gasteiger partial charge is 0.132 e. The number of halogens is 1.